The first-order valence-electron chi connectivity index (χ1n) is 14.9. The van der Waals surface area contributed by atoms with Gasteiger partial charge in [-0.2, -0.15) is 0 Å². The predicted octanol–water partition coefficient (Wildman–Crippen LogP) is 8.41. The van der Waals surface area contributed by atoms with Crippen LogP contribution < -0.4 is 14.8 Å². The van der Waals surface area contributed by atoms with Gasteiger partial charge >= 0.3 is 0 Å². The molecule has 0 saturated carbocycles. The summed E-state index contributed by atoms with van der Waals surface area (Å²) in [6.07, 6.45) is 3.50. The summed E-state index contributed by atoms with van der Waals surface area (Å²) < 4.78 is 40.1. The van der Waals surface area contributed by atoms with Crippen LogP contribution in [0.25, 0.3) is 11.1 Å². The molecule has 1 heterocycles. The maximum absolute atomic E-state index is 13.8. The van der Waals surface area contributed by atoms with E-state index in [0.717, 1.165) is 65.4 Å². The zero-order valence-electron chi connectivity index (χ0n) is 25.3. The van der Waals surface area contributed by atoms with Crippen LogP contribution >= 0.6 is 11.6 Å². The van der Waals surface area contributed by atoms with Gasteiger partial charge in [-0.15, -0.1) is 0 Å². The molecule has 0 aliphatic carbocycles. The van der Waals surface area contributed by atoms with Crippen LogP contribution in [0, 0.1) is 25.5 Å². The van der Waals surface area contributed by atoms with E-state index in [1.54, 1.807) is 13.1 Å². The molecule has 0 radical (unpaired) electrons. The van der Waals surface area contributed by atoms with Crippen LogP contribution in [0.3, 0.4) is 0 Å². The molecule has 5 nitrogen and oxygen atoms in total. The van der Waals surface area contributed by atoms with Crippen LogP contribution in [0.15, 0.2) is 66.7 Å². The van der Waals surface area contributed by atoms with Gasteiger partial charge in [-0.05, 0) is 97.4 Å². The summed E-state index contributed by atoms with van der Waals surface area (Å²) >= 11 is 6.76. The standard InChI is InChI=1S/C36H37ClF2N2O3/c1-23-26(9-7-10-30(23)31-11-8-12-32(24(31)2)36(42)40-3)22-44-35-19-34(43-21-25-15-28(38)18-29(39)16-25)27(17-33(35)37)20-41-13-5-4-6-14-41/h7-12,15-19H,4-6,13-14,20-22H2,1-3H3,(H,40,42). The van der Waals surface area contributed by atoms with Crippen molar-refractivity contribution in [3.05, 3.63) is 117 Å². The van der Waals surface area contributed by atoms with E-state index in [0.29, 0.717) is 34.2 Å². The smallest absolute Gasteiger partial charge is 0.251 e. The van der Waals surface area contributed by atoms with Crippen molar-refractivity contribution in [1.82, 2.24) is 10.2 Å². The first-order valence-corrected chi connectivity index (χ1v) is 15.3. The van der Waals surface area contributed by atoms with Crippen molar-refractivity contribution in [1.29, 1.82) is 0 Å². The Morgan fingerprint density at radius 1 is 0.818 bits per heavy atom. The number of benzene rings is 4. The third kappa shape index (κ3) is 7.40. The van der Waals surface area contributed by atoms with E-state index in [1.807, 2.05) is 56.3 Å². The molecule has 44 heavy (non-hydrogen) atoms. The quantitative estimate of drug-likeness (QED) is 0.194. The minimum atomic E-state index is -0.648. The Morgan fingerprint density at radius 3 is 2.18 bits per heavy atom. The number of rotatable bonds is 10. The zero-order chi connectivity index (χ0) is 31.2. The van der Waals surface area contributed by atoms with E-state index in [2.05, 4.69) is 10.2 Å². The Bertz CT molecular complexity index is 1630. The molecule has 4 aromatic rings. The SMILES string of the molecule is CNC(=O)c1cccc(-c2cccc(COc3cc(OCc4cc(F)cc(F)c4)c(CN4CCCCC4)cc3Cl)c2C)c1C. The molecule has 1 saturated heterocycles. The fourth-order valence-electron chi connectivity index (χ4n) is 5.75. The largest absolute Gasteiger partial charge is 0.488 e. The molecule has 5 rings (SSSR count). The molecule has 0 atom stereocenters. The fourth-order valence-corrected chi connectivity index (χ4v) is 5.99. The lowest BCUT2D eigenvalue weighted by Gasteiger charge is -2.27. The highest BCUT2D eigenvalue weighted by Crippen LogP contribution is 2.36. The Balaban J connectivity index is 1.40. The molecule has 0 unspecified atom stereocenters. The van der Waals surface area contributed by atoms with Crippen molar-refractivity contribution in [3.8, 4) is 22.6 Å². The van der Waals surface area contributed by atoms with Crippen molar-refractivity contribution < 1.29 is 23.0 Å². The topological polar surface area (TPSA) is 50.8 Å². The molecular weight excluding hydrogens is 582 g/mol. The summed E-state index contributed by atoms with van der Waals surface area (Å²) in [5.74, 6) is -0.403. The molecule has 1 aliphatic rings. The number of nitrogens with zero attached hydrogens (tertiary/aromatic N) is 1. The minimum Gasteiger partial charge on any atom is -0.488 e. The number of piperidine rings is 1. The second-order valence-electron chi connectivity index (χ2n) is 11.2. The van der Waals surface area contributed by atoms with Gasteiger partial charge in [0.05, 0.1) is 5.02 Å². The van der Waals surface area contributed by atoms with Crippen LogP contribution in [0.1, 0.15) is 57.4 Å². The number of hydrogen-bond acceptors (Lipinski definition) is 4. The van der Waals surface area contributed by atoms with E-state index >= 15 is 0 Å². The third-order valence-corrected chi connectivity index (χ3v) is 8.49. The van der Waals surface area contributed by atoms with Gasteiger partial charge in [0.25, 0.3) is 5.91 Å². The van der Waals surface area contributed by atoms with Crippen LogP contribution in [0.5, 0.6) is 11.5 Å². The summed E-state index contributed by atoms with van der Waals surface area (Å²) in [5, 5.41) is 3.17. The Kier molecular flexibility index (Phi) is 10.2. The molecule has 4 aromatic carbocycles. The second kappa shape index (κ2) is 14.2. The maximum Gasteiger partial charge on any atom is 0.251 e. The lowest BCUT2D eigenvalue weighted by Crippen LogP contribution is -2.29. The van der Waals surface area contributed by atoms with Crippen molar-refractivity contribution in [2.75, 3.05) is 20.1 Å². The van der Waals surface area contributed by atoms with Crippen molar-refractivity contribution in [3.63, 3.8) is 0 Å². The summed E-state index contributed by atoms with van der Waals surface area (Å²) in [4.78, 5) is 14.8. The highest BCUT2D eigenvalue weighted by molar-refractivity contribution is 6.32. The molecular formula is C36H37ClF2N2O3. The second-order valence-corrected chi connectivity index (χ2v) is 11.6. The van der Waals surface area contributed by atoms with E-state index in [1.165, 1.54) is 18.6 Å². The number of amides is 1. The molecule has 0 aromatic heterocycles. The van der Waals surface area contributed by atoms with Gasteiger partial charge in [0.1, 0.15) is 36.3 Å². The summed E-state index contributed by atoms with van der Waals surface area (Å²) in [6.45, 7) is 6.88. The monoisotopic (exact) mass is 618 g/mol. The van der Waals surface area contributed by atoms with Crippen molar-refractivity contribution in [2.24, 2.45) is 0 Å². The normalized spacial score (nSPS) is 13.5. The molecule has 230 valence electrons. The number of hydrogen-bond donors (Lipinski definition) is 1. The Labute approximate surface area is 262 Å². The summed E-state index contributed by atoms with van der Waals surface area (Å²) in [7, 11) is 1.63. The van der Waals surface area contributed by atoms with E-state index < -0.39 is 11.6 Å². The van der Waals surface area contributed by atoms with Gasteiger partial charge in [0, 0.05) is 36.9 Å². The lowest BCUT2D eigenvalue weighted by molar-refractivity contribution is 0.0962. The molecule has 1 aliphatic heterocycles. The highest BCUT2D eigenvalue weighted by atomic mass is 35.5. The minimum absolute atomic E-state index is 0.00161. The van der Waals surface area contributed by atoms with Gasteiger partial charge in [0.2, 0.25) is 0 Å². The Morgan fingerprint density at radius 2 is 1.48 bits per heavy atom. The lowest BCUT2D eigenvalue weighted by atomic mass is 9.91. The molecule has 1 amide bonds. The number of likely N-dealkylation sites (tertiary alicyclic amines) is 1. The van der Waals surface area contributed by atoms with Gasteiger partial charge in [-0.3, -0.25) is 9.69 Å². The molecule has 0 spiro atoms. The first kappa shape index (κ1) is 31.5. The van der Waals surface area contributed by atoms with Gasteiger partial charge < -0.3 is 14.8 Å². The van der Waals surface area contributed by atoms with Crippen LogP contribution in [-0.4, -0.2) is 30.9 Å². The highest BCUT2D eigenvalue weighted by Gasteiger charge is 2.18. The van der Waals surface area contributed by atoms with Crippen LogP contribution in [0.4, 0.5) is 8.78 Å². The third-order valence-electron chi connectivity index (χ3n) is 8.20. The average molecular weight is 619 g/mol. The summed E-state index contributed by atoms with van der Waals surface area (Å²) in [6, 6.07) is 18.8. The number of carbonyl (C=O) groups excluding carboxylic acids is 1. The average Bonchev–Trinajstić information content (AvgIpc) is 3.01. The first-order chi connectivity index (χ1) is 21.2. The number of nitrogens with one attached hydrogen (secondary N) is 1. The van der Waals surface area contributed by atoms with Crippen molar-refractivity contribution in [2.45, 2.75) is 52.9 Å². The van der Waals surface area contributed by atoms with Gasteiger partial charge in [0.15, 0.2) is 0 Å². The van der Waals surface area contributed by atoms with Crippen LogP contribution in [-0.2, 0) is 19.8 Å². The predicted molar refractivity (Wildman–Crippen MR) is 170 cm³/mol. The number of halogens is 3. The summed E-state index contributed by atoms with van der Waals surface area (Å²) in [5.41, 5.74) is 6.83. The molecule has 8 heteroatoms. The zero-order valence-corrected chi connectivity index (χ0v) is 26.1. The molecule has 1 fully saturated rings. The number of carbonyl (C=O) groups is 1. The van der Waals surface area contributed by atoms with E-state index in [4.69, 9.17) is 21.1 Å². The molecule has 1 N–H and O–H groups in total. The number of ether oxygens (including phenoxy) is 2. The van der Waals surface area contributed by atoms with E-state index in [-0.39, 0.29) is 19.1 Å². The molecule has 0 bridgehead atoms. The Hall–Kier alpha value is -3.94. The maximum atomic E-state index is 13.8. The van der Waals surface area contributed by atoms with Crippen LogP contribution in [0.2, 0.25) is 5.02 Å². The van der Waals surface area contributed by atoms with E-state index in [9.17, 15) is 13.6 Å². The van der Waals surface area contributed by atoms with Gasteiger partial charge in [-0.25, -0.2) is 8.78 Å². The van der Waals surface area contributed by atoms with Gasteiger partial charge in [-0.1, -0.05) is 48.4 Å². The van der Waals surface area contributed by atoms with Crippen molar-refractivity contribution >= 4 is 17.5 Å². The fraction of sp³-hybridized carbons (Fsp3) is 0.306.